The Bertz CT molecular complexity index is 1360. The number of nitrogens with one attached hydrogen (secondary N) is 3. The van der Waals surface area contributed by atoms with E-state index >= 15 is 0 Å². The van der Waals surface area contributed by atoms with Crippen molar-refractivity contribution in [3.63, 3.8) is 0 Å². The average Bonchev–Trinajstić information content (AvgIpc) is 3.36. The molecule has 210 valence electrons. The number of benzene rings is 1. The molecule has 3 fully saturated rings. The predicted octanol–water partition coefficient (Wildman–Crippen LogP) is -4.85. The minimum Gasteiger partial charge on any atom is -0.548 e. The van der Waals surface area contributed by atoms with Gasteiger partial charge in [-0.05, 0) is 19.4 Å². The molecule has 18 heteroatoms. The Morgan fingerprint density at radius 1 is 1.10 bits per heavy atom. The summed E-state index contributed by atoms with van der Waals surface area (Å²) in [7, 11) is -3.91. The van der Waals surface area contributed by atoms with E-state index in [0.717, 1.165) is 11.2 Å². The number of β-lactam (4-membered cyclic amide) rings is 1. The minimum atomic E-state index is -3.91. The normalized spacial score (nSPS) is 23.9. The number of thioether (sulfide) groups is 1. The molecule has 3 aliphatic heterocycles. The van der Waals surface area contributed by atoms with Crippen LogP contribution in [-0.2, 0) is 24.4 Å². The van der Waals surface area contributed by atoms with Crippen LogP contribution >= 0.6 is 11.8 Å². The van der Waals surface area contributed by atoms with Crippen LogP contribution in [0.1, 0.15) is 25.5 Å². The Morgan fingerprint density at radius 2 is 1.73 bits per heavy atom. The molecule has 3 heterocycles. The summed E-state index contributed by atoms with van der Waals surface area (Å²) in [6, 6.07) is 0.788. The van der Waals surface area contributed by atoms with Gasteiger partial charge in [0.15, 0.2) is 0 Å². The van der Waals surface area contributed by atoms with Crippen molar-refractivity contribution in [2.24, 2.45) is 0 Å². The molecule has 1 aromatic rings. The fraction of sp³-hybridized carbons (Fsp3) is 0.455. The number of rotatable bonds is 6. The number of hydrogen-bond donors (Lipinski definition) is 3. The third-order valence-corrected chi connectivity index (χ3v) is 9.18. The molecule has 0 bridgehead atoms. The quantitative estimate of drug-likeness (QED) is 0.209. The van der Waals surface area contributed by atoms with Crippen molar-refractivity contribution >= 4 is 57.7 Å². The summed E-state index contributed by atoms with van der Waals surface area (Å²) in [5.74, 6) is -2.83. The van der Waals surface area contributed by atoms with Crippen molar-refractivity contribution in [2.75, 3.05) is 19.3 Å². The minimum absolute atomic E-state index is 0. The summed E-state index contributed by atoms with van der Waals surface area (Å²) in [6.45, 7) is 2.75. The van der Waals surface area contributed by atoms with Crippen LogP contribution in [0.4, 0.5) is 14.4 Å². The second-order valence-corrected chi connectivity index (χ2v) is 13.3. The summed E-state index contributed by atoms with van der Waals surface area (Å²) < 4.78 is 23.0. The van der Waals surface area contributed by atoms with Crippen LogP contribution in [0.2, 0.25) is 0 Å². The zero-order valence-electron chi connectivity index (χ0n) is 21.9. The molecule has 0 saturated carbocycles. The van der Waals surface area contributed by atoms with Crippen LogP contribution in [0.5, 0.6) is 0 Å². The Kier molecular flexibility index (Phi) is 9.15. The summed E-state index contributed by atoms with van der Waals surface area (Å²) in [6.07, 6.45) is 0.803. The van der Waals surface area contributed by atoms with Crippen molar-refractivity contribution in [3.8, 4) is 0 Å². The number of carboxylic acids is 1. The van der Waals surface area contributed by atoms with Crippen molar-refractivity contribution in [1.29, 1.82) is 0 Å². The van der Waals surface area contributed by atoms with Crippen molar-refractivity contribution < 1.29 is 71.8 Å². The molecule has 1 aromatic carbocycles. The number of carboxylic acid groups (broad SMARTS) is 1. The second-order valence-electron chi connectivity index (χ2n) is 9.58. The topological polar surface area (TPSA) is 205 Å². The predicted molar refractivity (Wildman–Crippen MR) is 133 cm³/mol. The van der Waals surface area contributed by atoms with Gasteiger partial charge in [0, 0.05) is 4.75 Å². The van der Waals surface area contributed by atoms with E-state index in [1.165, 1.54) is 23.9 Å². The van der Waals surface area contributed by atoms with Gasteiger partial charge in [-0.2, -0.15) is 0 Å². The zero-order chi connectivity index (χ0) is 28.9. The zero-order valence-corrected chi connectivity index (χ0v) is 25.6. The average molecular weight is 605 g/mol. The molecular formula is C22H25N6NaO9S2. The van der Waals surface area contributed by atoms with Gasteiger partial charge in [-0.3, -0.25) is 14.9 Å². The standard InChI is InChI=1S/C22H26N6O9S2.Na/c1-22(2)14(18(31)32)28-16(30)13(17(28)38-22)23-15(29)12(11-7-5-4-6-8-11)24-19(33)25-20(34)26-9-10-27(21(26)35)39(3,36)37;/h4-8,12-14,17H,9-10H2,1-3H3,(H,23,29)(H,31,32)(H2,24,25,33,34);/q;+1/p-1/t12?,13-,14+,17-;/m1./s1. The molecule has 3 N–H and O–H groups in total. The Balaban J connectivity index is 0.00000441. The maximum atomic E-state index is 13.3. The Hall–Kier alpha value is -2.86. The first kappa shape index (κ1) is 31.7. The van der Waals surface area contributed by atoms with E-state index in [4.69, 9.17) is 0 Å². The van der Waals surface area contributed by atoms with Crippen LogP contribution in [0, 0.1) is 0 Å². The van der Waals surface area contributed by atoms with E-state index in [9.17, 15) is 42.3 Å². The number of aliphatic carboxylic acids is 1. The SMILES string of the molecule is CC1(C)S[C@@H]2[C@H](NC(=O)C(NC(=O)NC(=O)N3CCN(S(C)(=O)=O)C3=O)c3ccccc3)C(=O)N2[C@H]1C(=O)[O-].[Na+]. The number of sulfonamides is 1. The third-order valence-electron chi connectivity index (χ3n) is 6.47. The van der Waals surface area contributed by atoms with E-state index in [1.807, 2.05) is 5.32 Å². The van der Waals surface area contributed by atoms with Gasteiger partial charge < -0.3 is 25.4 Å². The first-order valence-corrected chi connectivity index (χ1v) is 14.3. The number of hydrogen-bond acceptors (Lipinski definition) is 10. The molecule has 15 nitrogen and oxygen atoms in total. The number of urea groups is 3. The molecule has 1 unspecified atom stereocenters. The molecule has 3 saturated heterocycles. The maximum absolute atomic E-state index is 13.3. The molecule has 0 radical (unpaired) electrons. The fourth-order valence-electron chi connectivity index (χ4n) is 4.65. The van der Waals surface area contributed by atoms with Crippen molar-refractivity contribution in [2.45, 2.75) is 42.1 Å². The second kappa shape index (κ2) is 11.6. The van der Waals surface area contributed by atoms with Gasteiger partial charge in [0.2, 0.25) is 21.8 Å². The molecule has 0 spiro atoms. The molecule has 4 atom stereocenters. The number of nitrogens with zero attached hydrogens (tertiary/aromatic N) is 3. The van der Waals surface area contributed by atoms with Gasteiger partial charge in [-0.25, -0.2) is 32.0 Å². The number of imide groups is 2. The van der Waals surface area contributed by atoms with Gasteiger partial charge >= 0.3 is 47.7 Å². The Labute approximate surface area is 255 Å². The van der Waals surface area contributed by atoms with E-state index in [1.54, 1.807) is 32.0 Å². The molecule has 8 amide bonds. The van der Waals surface area contributed by atoms with Crippen molar-refractivity contribution in [1.82, 2.24) is 30.1 Å². The summed E-state index contributed by atoms with van der Waals surface area (Å²) >= 11 is 1.19. The van der Waals surface area contributed by atoms with Crippen LogP contribution in [-0.4, -0.2) is 99.9 Å². The number of fused-ring (bicyclic) bond motifs is 1. The maximum Gasteiger partial charge on any atom is 1.00 e. The summed E-state index contributed by atoms with van der Waals surface area (Å²) in [5, 5.41) is 17.7. The molecule has 40 heavy (non-hydrogen) atoms. The number of carbonyl (C=O) groups excluding carboxylic acids is 6. The smallest absolute Gasteiger partial charge is 0.548 e. The van der Waals surface area contributed by atoms with Crippen LogP contribution < -0.4 is 50.6 Å². The summed E-state index contributed by atoms with van der Waals surface area (Å²) in [5.41, 5.74) is 0.300. The van der Waals surface area contributed by atoms with Crippen LogP contribution in [0.15, 0.2) is 30.3 Å². The van der Waals surface area contributed by atoms with Gasteiger partial charge in [-0.15, -0.1) is 11.8 Å². The summed E-state index contributed by atoms with van der Waals surface area (Å²) in [4.78, 5) is 76.7. The molecule has 0 aliphatic carbocycles. The van der Waals surface area contributed by atoms with Gasteiger partial charge in [0.25, 0.3) is 0 Å². The molecule has 0 aromatic heterocycles. The van der Waals surface area contributed by atoms with E-state index < -0.39 is 74.1 Å². The number of carbonyl (C=O) groups is 6. The monoisotopic (exact) mass is 604 g/mol. The van der Waals surface area contributed by atoms with Gasteiger partial charge in [0.05, 0.1) is 31.4 Å². The molecule has 4 rings (SSSR count). The third kappa shape index (κ3) is 5.93. The molecular weight excluding hydrogens is 579 g/mol. The van der Waals surface area contributed by atoms with E-state index in [0.29, 0.717) is 14.8 Å². The largest absolute Gasteiger partial charge is 1.00 e. The number of amides is 8. The van der Waals surface area contributed by atoms with Gasteiger partial charge in [-0.1, -0.05) is 30.3 Å². The van der Waals surface area contributed by atoms with Gasteiger partial charge in [0.1, 0.15) is 17.5 Å². The fourth-order valence-corrected chi connectivity index (χ4v) is 7.07. The first-order chi connectivity index (χ1) is 18.1. The van der Waals surface area contributed by atoms with Crippen LogP contribution in [0.25, 0.3) is 0 Å². The van der Waals surface area contributed by atoms with Crippen molar-refractivity contribution in [3.05, 3.63) is 35.9 Å². The van der Waals surface area contributed by atoms with E-state index in [2.05, 4.69) is 10.6 Å². The van der Waals surface area contributed by atoms with E-state index in [-0.39, 0.29) is 42.6 Å². The van der Waals surface area contributed by atoms with Crippen LogP contribution in [0.3, 0.4) is 0 Å². The molecule has 3 aliphatic rings. The first-order valence-electron chi connectivity index (χ1n) is 11.6. The Morgan fingerprint density at radius 3 is 2.27 bits per heavy atom.